The van der Waals surface area contributed by atoms with Crippen LogP contribution >= 0.6 is 23.4 Å². The minimum atomic E-state index is -1.88. The van der Waals surface area contributed by atoms with Gasteiger partial charge in [0.1, 0.15) is 10.8 Å². The second kappa shape index (κ2) is 7.71. The molecule has 2 amide bonds. The molecule has 1 saturated heterocycles. The van der Waals surface area contributed by atoms with E-state index in [9.17, 15) is 24.6 Å². The van der Waals surface area contributed by atoms with Crippen molar-refractivity contribution >= 4 is 51.8 Å². The number of rotatable bonds is 4. The summed E-state index contributed by atoms with van der Waals surface area (Å²) in [5.41, 5.74) is 0.490. The number of thioether (sulfide) groups is 1. The van der Waals surface area contributed by atoms with E-state index in [0.717, 1.165) is 16.7 Å². The molecular formula is C21H15ClN2O5S. The number of Topliss-reactive ketones (excluding diaryl/α,β-unsaturated/α-hetero) is 1. The Bertz CT molecular complexity index is 1110. The van der Waals surface area contributed by atoms with E-state index in [1.807, 2.05) is 0 Å². The predicted molar refractivity (Wildman–Crippen MR) is 113 cm³/mol. The number of hydrogen-bond donors (Lipinski definition) is 2. The quantitative estimate of drug-likeness (QED) is 0.428. The Morgan fingerprint density at radius 1 is 1.07 bits per heavy atom. The lowest BCUT2D eigenvalue weighted by Gasteiger charge is -2.31. The second-order valence-electron chi connectivity index (χ2n) is 6.57. The van der Waals surface area contributed by atoms with Gasteiger partial charge in [-0.15, -0.1) is 0 Å². The van der Waals surface area contributed by atoms with Crippen molar-refractivity contribution in [3.8, 4) is 0 Å². The number of aliphatic hydroxyl groups excluding tert-OH is 2. The Morgan fingerprint density at radius 2 is 1.73 bits per heavy atom. The molecule has 2 aromatic carbocycles. The molecule has 2 N–H and O–H groups in total. The monoisotopic (exact) mass is 442 g/mol. The fraction of sp³-hybridized carbons (Fsp3) is 0.143. The highest BCUT2D eigenvalue weighted by atomic mass is 35.5. The molecule has 0 radical (unpaired) electrons. The number of likely N-dealkylation sites (tertiary alicyclic amines) is 1. The van der Waals surface area contributed by atoms with Crippen molar-refractivity contribution in [3.05, 3.63) is 76.3 Å². The number of amides is 2. The molecule has 1 atom stereocenters. The molecule has 2 aromatic rings. The SMILES string of the molecule is O=C1C(=O)N(CCO)C2(SC(c3ccccc3)=NC2=O)/C1=C(\O)c1ccc(Cl)cc1. The molecule has 152 valence electrons. The summed E-state index contributed by atoms with van der Waals surface area (Å²) in [6.07, 6.45) is 0. The largest absolute Gasteiger partial charge is 0.507 e. The summed E-state index contributed by atoms with van der Waals surface area (Å²) in [4.78, 5) is 41.9. The van der Waals surface area contributed by atoms with E-state index in [2.05, 4.69) is 4.99 Å². The number of aliphatic hydroxyl groups is 2. The van der Waals surface area contributed by atoms with Gasteiger partial charge in [-0.2, -0.15) is 0 Å². The molecule has 1 unspecified atom stereocenters. The molecule has 7 nitrogen and oxygen atoms in total. The standard InChI is InChI=1S/C21H15ClN2O5S/c22-14-8-6-12(7-9-14)16(26)15-17(27)19(28)24(10-11-25)21(15)20(29)23-18(30-21)13-4-2-1-3-5-13/h1-9,25-26H,10-11H2/b16-15-. The van der Waals surface area contributed by atoms with Crippen LogP contribution in [0.5, 0.6) is 0 Å². The topological polar surface area (TPSA) is 107 Å². The van der Waals surface area contributed by atoms with Gasteiger partial charge in [0, 0.05) is 22.7 Å². The lowest BCUT2D eigenvalue weighted by Crippen LogP contribution is -2.49. The molecule has 1 fully saturated rings. The van der Waals surface area contributed by atoms with E-state index < -0.39 is 34.8 Å². The molecule has 9 heteroatoms. The Kier molecular flexibility index (Phi) is 5.23. The Labute approximate surface area is 180 Å². The molecule has 0 aromatic heterocycles. The molecular weight excluding hydrogens is 428 g/mol. The number of benzene rings is 2. The number of carbonyl (C=O) groups is 3. The summed E-state index contributed by atoms with van der Waals surface area (Å²) >= 11 is 6.79. The van der Waals surface area contributed by atoms with E-state index in [1.54, 1.807) is 30.3 Å². The van der Waals surface area contributed by atoms with Gasteiger partial charge in [-0.3, -0.25) is 14.4 Å². The van der Waals surface area contributed by atoms with E-state index >= 15 is 0 Å². The van der Waals surface area contributed by atoms with Crippen LogP contribution in [0.1, 0.15) is 11.1 Å². The summed E-state index contributed by atoms with van der Waals surface area (Å²) in [6.45, 7) is -0.734. The maximum atomic E-state index is 13.2. The molecule has 0 bridgehead atoms. The Morgan fingerprint density at radius 3 is 2.37 bits per heavy atom. The third kappa shape index (κ3) is 3.04. The van der Waals surface area contributed by atoms with Crippen molar-refractivity contribution in [2.45, 2.75) is 4.87 Å². The van der Waals surface area contributed by atoms with Crippen LogP contribution in [0.2, 0.25) is 5.02 Å². The van der Waals surface area contributed by atoms with Gasteiger partial charge >= 0.3 is 0 Å². The van der Waals surface area contributed by atoms with Crippen LogP contribution in [-0.4, -0.2) is 55.8 Å². The molecule has 0 saturated carbocycles. The van der Waals surface area contributed by atoms with Crippen LogP contribution in [0.15, 0.2) is 65.2 Å². The number of hydrogen-bond acceptors (Lipinski definition) is 6. The second-order valence-corrected chi connectivity index (χ2v) is 8.19. The minimum Gasteiger partial charge on any atom is -0.507 e. The van der Waals surface area contributed by atoms with Crippen molar-refractivity contribution in [2.75, 3.05) is 13.2 Å². The molecule has 4 rings (SSSR count). The summed E-state index contributed by atoms with van der Waals surface area (Å²) in [7, 11) is 0. The molecule has 2 aliphatic rings. The van der Waals surface area contributed by atoms with Crippen molar-refractivity contribution < 1.29 is 24.6 Å². The van der Waals surface area contributed by atoms with Crippen LogP contribution in [0.4, 0.5) is 0 Å². The fourth-order valence-electron chi connectivity index (χ4n) is 3.45. The Balaban J connectivity index is 1.90. The van der Waals surface area contributed by atoms with Gasteiger partial charge in [0.15, 0.2) is 0 Å². The van der Waals surface area contributed by atoms with Crippen molar-refractivity contribution in [2.24, 2.45) is 4.99 Å². The average Bonchev–Trinajstić information content (AvgIpc) is 3.19. The van der Waals surface area contributed by atoms with Crippen LogP contribution in [0.3, 0.4) is 0 Å². The van der Waals surface area contributed by atoms with E-state index in [0.29, 0.717) is 15.6 Å². The van der Waals surface area contributed by atoms with Gasteiger partial charge < -0.3 is 15.1 Å². The number of nitrogens with zero attached hydrogens (tertiary/aromatic N) is 2. The number of carbonyl (C=O) groups excluding carboxylic acids is 3. The van der Waals surface area contributed by atoms with Crippen molar-refractivity contribution in [3.63, 3.8) is 0 Å². The van der Waals surface area contributed by atoms with Gasteiger partial charge in [0.05, 0.1) is 12.2 Å². The molecule has 2 heterocycles. The average molecular weight is 443 g/mol. The highest BCUT2D eigenvalue weighted by Gasteiger charge is 2.64. The highest BCUT2D eigenvalue weighted by Crippen LogP contribution is 2.50. The zero-order chi connectivity index (χ0) is 21.5. The number of ketones is 1. The third-order valence-electron chi connectivity index (χ3n) is 4.82. The lowest BCUT2D eigenvalue weighted by molar-refractivity contribution is -0.141. The minimum absolute atomic E-state index is 0.224. The van der Waals surface area contributed by atoms with Crippen molar-refractivity contribution in [1.29, 1.82) is 0 Å². The van der Waals surface area contributed by atoms with Gasteiger partial charge in [-0.1, -0.05) is 53.7 Å². The van der Waals surface area contributed by atoms with Gasteiger partial charge in [0.25, 0.3) is 17.6 Å². The van der Waals surface area contributed by atoms with E-state index in [1.165, 1.54) is 24.3 Å². The van der Waals surface area contributed by atoms with Gasteiger partial charge in [0.2, 0.25) is 4.87 Å². The first-order valence-electron chi connectivity index (χ1n) is 8.94. The van der Waals surface area contributed by atoms with Crippen molar-refractivity contribution in [1.82, 2.24) is 4.90 Å². The zero-order valence-corrected chi connectivity index (χ0v) is 17.0. The lowest BCUT2D eigenvalue weighted by atomic mass is 10.00. The number of halogens is 1. The third-order valence-corrected chi connectivity index (χ3v) is 6.49. The highest BCUT2D eigenvalue weighted by molar-refractivity contribution is 8.17. The summed E-state index contributed by atoms with van der Waals surface area (Å²) in [5.74, 6) is -3.27. The fourth-order valence-corrected chi connectivity index (χ4v) is 4.94. The number of β-amino-alcohol motifs (C(OH)–C–C–N with tert-alkyl or cyclic N) is 1. The Hall–Kier alpha value is -2.94. The molecule has 2 aliphatic heterocycles. The van der Waals surface area contributed by atoms with Crippen LogP contribution in [0.25, 0.3) is 5.76 Å². The number of aliphatic imine (C=N–C) groups is 1. The van der Waals surface area contributed by atoms with E-state index in [-0.39, 0.29) is 17.7 Å². The smallest absolute Gasteiger partial charge is 0.296 e. The maximum absolute atomic E-state index is 13.2. The van der Waals surface area contributed by atoms with Crippen LogP contribution < -0.4 is 0 Å². The molecule has 30 heavy (non-hydrogen) atoms. The summed E-state index contributed by atoms with van der Waals surface area (Å²) in [6, 6.07) is 14.8. The van der Waals surface area contributed by atoms with E-state index in [4.69, 9.17) is 11.6 Å². The van der Waals surface area contributed by atoms with Crippen LogP contribution in [0, 0.1) is 0 Å². The zero-order valence-electron chi connectivity index (χ0n) is 15.4. The summed E-state index contributed by atoms with van der Waals surface area (Å²) in [5, 5.41) is 21.1. The first-order valence-corrected chi connectivity index (χ1v) is 10.1. The van der Waals surface area contributed by atoms with Gasteiger partial charge in [-0.25, -0.2) is 4.99 Å². The molecule has 0 aliphatic carbocycles. The first-order chi connectivity index (χ1) is 14.4. The first kappa shape index (κ1) is 20.3. The van der Waals surface area contributed by atoms with Crippen LogP contribution in [-0.2, 0) is 14.4 Å². The summed E-state index contributed by atoms with van der Waals surface area (Å²) < 4.78 is 0. The van der Waals surface area contributed by atoms with Gasteiger partial charge in [-0.05, 0) is 24.3 Å². The molecule has 1 spiro atoms. The maximum Gasteiger partial charge on any atom is 0.296 e. The predicted octanol–water partition coefficient (Wildman–Crippen LogP) is 2.43. The normalized spacial score (nSPS) is 22.8.